The molecule has 1 rings (SSSR count). The summed E-state index contributed by atoms with van der Waals surface area (Å²) in [4.78, 5) is 11.2. The van der Waals surface area contributed by atoms with Crippen molar-refractivity contribution in [1.29, 1.82) is 0 Å². The fourth-order valence-corrected chi connectivity index (χ4v) is 1.78. The molecule has 19 heavy (non-hydrogen) atoms. The first kappa shape index (κ1) is 15.5. The van der Waals surface area contributed by atoms with Crippen LogP contribution in [0, 0.1) is 0 Å². The molecule has 0 aromatic heterocycles. The lowest BCUT2D eigenvalue weighted by molar-refractivity contribution is -0.121. The van der Waals surface area contributed by atoms with Gasteiger partial charge in [0.05, 0.1) is 6.54 Å². The van der Waals surface area contributed by atoms with Crippen molar-refractivity contribution < 1.29 is 9.53 Å². The Labute approximate surface area is 115 Å². The molecule has 1 aromatic rings. The summed E-state index contributed by atoms with van der Waals surface area (Å²) in [6.45, 7) is 7.79. The Hall–Kier alpha value is -1.55. The molecular formula is C15H24N2O2. The fourth-order valence-electron chi connectivity index (χ4n) is 1.78. The number of rotatable bonds is 6. The molecule has 0 aliphatic carbocycles. The first-order valence-electron chi connectivity index (χ1n) is 6.64. The van der Waals surface area contributed by atoms with Crippen molar-refractivity contribution in [3.63, 3.8) is 0 Å². The van der Waals surface area contributed by atoms with Crippen molar-refractivity contribution in [2.75, 3.05) is 19.7 Å². The summed E-state index contributed by atoms with van der Waals surface area (Å²) in [5.74, 6) is 0.846. The SMILES string of the molecule is CC(C)(C)c1ccccc1OCCNC(=O)CCN. The van der Waals surface area contributed by atoms with Crippen LogP contribution >= 0.6 is 0 Å². The summed E-state index contributed by atoms with van der Waals surface area (Å²) >= 11 is 0. The second-order valence-corrected chi connectivity index (χ2v) is 5.48. The van der Waals surface area contributed by atoms with Crippen LogP contribution in [0.15, 0.2) is 24.3 Å². The number of hydrogen-bond donors (Lipinski definition) is 2. The molecule has 4 heteroatoms. The highest BCUT2D eigenvalue weighted by molar-refractivity contribution is 5.75. The molecule has 0 fully saturated rings. The molecule has 0 bridgehead atoms. The standard InChI is InChI=1S/C15H24N2O2/c1-15(2,3)12-6-4-5-7-13(12)19-11-10-17-14(18)8-9-16/h4-7H,8-11,16H2,1-3H3,(H,17,18). The van der Waals surface area contributed by atoms with Gasteiger partial charge in [0.25, 0.3) is 0 Å². The van der Waals surface area contributed by atoms with E-state index in [-0.39, 0.29) is 11.3 Å². The summed E-state index contributed by atoms with van der Waals surface area (Å²) in [5.41, 5.74) is 6.51. The van der Waals surface area contributed by atoms with Crippen molar-refractivity contribution in [2.45, 2.75) is 32.6 Å². The Kier molecular flexibility index (Phi) is 5.83. The number of ether oxygens (including phenoxy) is 1. The lowest BCUT2D eigenvalue weighted by atomic mass is 9.86. The zero-order valence-corrected chi connectivity index (χ0v) is 12.0. The van der Waals surface area contributed by atoms with Gasteiger partial charge in [0.15, 0.2) is 0 Å². The molecular weight excluding hydrogens is 240 g/mol. The maximum absolute atomic E-state index is 11.2. The molecule has 0 spiro atoms. The Morgan fingerprint density at radius 1 is 1.32 bits per heavy atom. The van der Waals surface area contributed by atoms with Gasteiger partial charge < -0.3 is 15.8 Å². The van der Waals surface area contributed by atoms with Gasteiger partial charge >= 0.3 is 0 Å². The van der Waals surface area contributed by atoms with Crippen LogP contribution in [-0.2, 0) is 10.2 Å². The molecule has 106 valence electrons. The van der Waals surface area contributed by atoms with E-state index in [1.54, 1.807) is 0 Å². The van der Waals surface area contributed by atoms with Gasteiger partial charge in [-0.3, -0.25) is 4.79 Å². The van der Waals surface area contributed by atoms with Crippen molar-refractivity contribution in [1.82, 2.24) is 5.32 Å². The van der Waals surface area contributed by atoms with Crippen molar-refractivity contribution >= 4 is 5.91 Å². The highest BCUT2D eigenvalue weighted by Gasteiger charge is 2.18. The lowest BCUT2D eigenvalue weighted by Gasteiger charge is -2.22. The summed E-state index contributed by atoms with van der Waals surface area (Å²) in [6.07, 6.45) is 0.360. The minimum absolute atomic E-state index is 0.0322. The number of hydrogen-bond acceptors (Lipinski definition) is 3. The molecule has 1 amide bonds. The van der Waals surface area contributed by atoms with E-state index in [1.807, 2.05) is 18.2 Å². The van der Waals surface area contributed by atoms with Crippen LogP contribution in [0.25, 0.3) is 0 Å². The average molecular weight is 264 g/mol. The minimum Gasteiger partial charge on any atom is -0.491 e. The number of carbonyl (C=O) groups excluding carboxylic acids is 1. The third kappa shape index (κ3) is 5.30. The van der Waals surface area contributed by atoms with E-state index < -0.39 is 0 Å². The smallest absolute Gasteiger partial charge is 0.221 e. The number of nitrogens with one attached hydrogen (secondary N) is 1. The summed E-state index contributed by atoms with van der Waals surface area (Å²) < 4.78 is 5.75. The molecule has 0 saturated carbocycles. The second kappa shape index (κ2) is 7.14. The molecule has 3 N–H and O–H groups in total. The number of amides is 1. The van der Waals surface area contributed by atoms with Gasteiger partial charge in [0.1, 0.15) is 12.4 Å². The van der Waals surface area contributed by atoms with E-state index in [2.05, 4.69) is 32.2 Å². The minimum atomic E-state index is -0.0322. The third-order valence-electron chi connectivity index (χ3n) is 2.75. The monoisotopic (exact) mass is 264 g/mol. The predicted octanol–water partition coefficient (Wildman–Crippen LogP) is 1.83. The van der Waals surface area contributed by atoms with Crippen LogP contribution in [0.3, 0.4) is 0 Å². The van der Waals surface area contributed by atoms with Crippen LogP contribution < -0.4 is 15.8 Å². The van der Waals surface area contributed by atoms with Crippen LogP contribution in [0.2, 0.25) is 0 Å². The number of carbonyl (C=O) groups is 1. The van der Waals surface area contributed by atoms with Gasteiger partial charge in [-0.25, -0.2) is 0 Å². The topological polar surface area (TPSA) is 64.3 Å². The summed E-state index contributed by atoms with van der Waals surface area (Å²) in [5, 5.41) is 2.77. The fraction of sp³-hybridized carbons (Fsp3) is 0.533. The third-order valence-corrected chi connectivity index (χ3v) is 2.75. The van der Waals surface area contributed by atoms with Crippen LogP contribution in [0.5, 0.6) is 5.75 Å². The summed E-state index contributed by atoms with van der Waals surface area (Å²) in [6, 6.07) is 8.00. The summed E-state index contributed by atoms with van der Waals surface area (Å²) in [7, 11) is 0. The van der Waals surface area contributed by atoms with Gasteiger partial charge in [0.2, 0.25) is 5.91 Å². The van der Waals surface area contributed by atoms with E-state index in [1.165, 1.54) is 5.56 Å². The molecule has 4 nitrogen and oxygen atoms in total. The highest BCUT2D eigenvalue weighted by atomic mass is 16.5. The van der Waals surface area contributed by atoms with Crippen LogP contribution in [-0.4, -0.2) is 25.6 Å². The highest BCUT2D eigenvalue weighted by Crippen LogP contribution is 2.30. The molecule has 0 unspecified atom stereocenters. The number of nitrogens with two attached hydrogens (primary N) is 1. The first-order chi connectivity index (χ1) is 8.95. The molecule has 0 aliphatic heterocycles. The Balaban J connectivity index is 2.48. The van der Waals surface area contributed by atoms with Gasteiger partial charge in [-0.1, -0.05) is 39.0 Å². The lowest BCUT2D eigenvalue weighted by Crippen LogP contribution is -2.29. The number of para-hydroxylation sites is 1. The molecule has 0 radical (unpaired) electrons. The zero-order chi connectivity index (χ0) is 14.3. The molecule has 0 aliphatic rings. The van der Waals surface area contributed by atoms with E-state index in [4.69, 9.17) is 10.5 Å². The van der Waals surface area contributed by atoms with Crippen molar-refractivity contribution in [3.8, 4) is 5.75 Å². The Morgan fingerprint density at radius 2 is 2.00 bits per heavy atom. The first-order valence-corrected chi connectivity index (χ1v) is 6.64. The second-order valence-electron chi connectivity index (χ2n) is 5.48. The molecule has 0 atom stereocenters. The van der Waals surface area contributed by atoms with Crippen molar-refractivity contribution in [2.24, 2.45) is 5.73 Å². The quantitative estimate of drug-likeness (QED) is 0.770. The largest absolute Gasteiger partial charge is 0.491 e. The van der Waals surface area contributed by atoms with Gasteiger partial charge in [-0.2, -0.15) is 0 Å². The van der Waals surface area contributed by atoms with Gasteiger partial charge in [-0.05, 0) is 17.0 Å². The number of benzene rings is 1. The van der Waals surface area contributed by atoms with E-state index in [0.717, 1.165) is 5.75 Å². The maximum atomic E-state index is 11.2. The van der Waals surface area contributed by atoms with Crippen LogP contribution in [0.1, 0.15) is 32.8 Å². The van der Waals surface area contributed by atoms with Crippen LogP contribution in [0.4, 0.5) is 0 Å². The van der Waals surface area contributed by atoms with E-state index >= 15 is 0 Å². The maximum Gasteiger partial charge on any atom is 0.221 e. The van der Waals surface area contributed by atoms with E-state index in [0.29, 0.717) is 26.1 Å². The van der Waals surface area contributed by atoms with E-state index in [9.17, 15) is 4.79 Å². The predicted molar refractivity (Wildman–Crippen MR) is 77.3 cm³/mol. The Bertz CT molecular complexity index is 411. The average Bonchev–Trinajstić information content (AvgIpc) is 2.34. The van der Waals surface area contributed by atoms with Crippen molar-refractivity contribution in [3.05, 3.63) is 29.8 Å². The van der Waals surface area contributed by atoms with Gasteiger partial charge in [0, 0.05) is 13.0 Å². The Morgan fingerprint density at radius 3 is 2.63 bits per heavy atom. The normalized spacial score (nSPS) is 11.2. The zero-order valence-electron chi connectivity index (χ0n) is 12.0. The van der Waals surface area contributed by atoms with Gasteiger partial charge in [-0.15, -0.1) is 0 Å². The molecule has 1 aromatic carbocycles. The molecule has 0 heterocycles. The molecule has 0 saturated heterocycles.